The first-order chi connectivity index (χ1) is 15.9. The summed E-state index contributed by atoms with van der Waals surface area (Å²) in [5.74, 6) is -0.480. The van der Waals surface area contributed by atoms with E-state index in [4.69, 9.17) is 5.26 Å². The van der Waals surface area contributed by atoms with E-state index in [1.165, 1.54) is 11.3 Å². The molecule has 2 aromatic rings. The normalized spacial score (nSPS) is 13.8. The number of thiazole rings is 1. The summed E-state index contributed by atoms with van der Waals surface area (Å²) in [4.78, 5) is 31.7. The van der Waals surface area contributed by atoms with Gasteiger partial charge >= 0.3 is 0 Å². The largest absolute Gasteiger partial charge is 0.377 e. The van der Waals surface area contributed by atoms with Gasteiger partial charge in [-0.05, 0) is 36.6 Å². The van der Waals surface area contributed by atoms with Crippen molar-refractivity contribution in [2.75, 3.05) is 25.5 Å². The third-order valence-corrected chi connectivity index (χ3v) is 5.73. The van der Waals surface area contributed by atoms with Crippen LogP contribution < -0.4 is 16.0 Å². The van der Waals surface area contributed by atoms with Crippen molar-refractivity contribution in [2.45, 2.75) is 26.3 Å². The predicted octanol–water partition coefficient (Wildman–Crippen LogP) is 3.35. The molecule has 8 nitrogen and oxygen atoms in total. The van der Waals surface area contributed by atoms with Crippen LogP contribution in [0.2, 0.25) is 0 Å². The van der Waals surface area contributed by atoms with E-state index in [9.17, 15) is 9.59 Å². The van der Waals surface area contributed by atoms with Crippen LogP contribution in [0.4, 0.5) is 5.13 Å². The van der Waals surface area contributed by atoms with Crippen molar-refractivity contribution in [3.8, 4) is 17.3 Å². The monoisotopic (exact) mass is 464 g/mol. The van der Waals surface area contributed by atoms with Crippen LogP contribution in [0.5, 0.6) is 0 Å². The fraction of sp³-hybridized carbons (Fsp3) is 0.333. The molecule has 0 bridgehead atoms. The maximum Gasteiger partial charge on any atom is 0.251 e. The molecule has 0 unspecified atom stereocenters. The van der Waals surface area contributed by atoms with Gasteiger partial charge in [-0.15, -0.1) is 11.3 Å². The van der Waals surface area contributed by atoms with Crippen LogP contribution in [0.1, 0.15) is 30.6 Å². The zero-order valence-corrected chi connectivity index (χ0v) is 19.8. The van der Waals surface area contributed by atoms with E-state index in [-0.39, 0.29) is 24.3 Å². The van der Waals surface area contributed by atoms with E-state index in [0.29, 0.717) is 12.0 Å². The first kappa shape index (κ1) is 24.0. The molecule has 1 aromatic heterocycles. The first-order valence-corrected chi connectivity index (χ1v) is 11.6. The number of hydrogen-bond acceptors (Lipinski definition) is 7. The lowest BCUT2D eigenvalue weighted by Gasteiger charge is -2.19. The van der Waals surface area contributed by atoms with Crippen LogP contribution in [0, 0.1) is 17.2 Å². The van der Waals surface area contributed by atoms with E-state index < -0.39 is 6.04 Å². The number of allylic oxidation sites excluding steroid dienone is 1. The number of anilines is 1. The van der Waals surface area contributed by atoms with Crippen LogP contribution >= 0.6 is 11.3 Å². The van der Waals surface area contributed by atoms with Crippen molar-refractivity contribution in [1.82, 2.24) is 20.5 Å². The molecule has 1 aliphatic rings. The Morgan fingerprint density at radius 3 is 2.67 bits per heavy atom. The van der Waals surface area contributed by atoms with Gasteiger partial charge in [0.1, 0.15) is 12.6 Å². The van der Waals surface area contributed by atoms with Crippen molar-refractivity contribution < 1.29 is 9.59 Å². The molecule has 33 heavy (non-hydrogen) atoms. The minimum atomic E-state index is -0.694. The van der Waals surface area contributed by atoms with E-state index in [1.807, 2.05) is 56.8 Å². The lowest BCUT2D eigenvalue weighted by molar-refractivity contribution is -0.123. The van der Waals surface area contributed by atoms with Crippen molar-refractivity contribution in [3.63, 3.8) is 0 Å². The standard InChI is InChI=1S/C24H28N6O2S/c1-16(2)14-20(23(32)26-11-10-25)28-22(31)18-6-4-17(5-7-18)21-15-33-24(29-21)27-19-8-12-30(3)13-9-19/h4-9,12,15-16,20H,11,13-14H2,1-3H3,(H,26,32)(H,27,29)(H,28,31)/t20-/m0/s1. The van der Waals surface area contributed by atoms with Gasteiger partial charge in [-0.1, -0.05) is 26.0 Å². The van der Waals surface area contributed by atoms with Gasteiger partial charge in [-0.3, -0.25) is 9.59 Å². The van der Waals surface area contributed by atoms with Crippen molar-refractivity contribution >= 4 is 28.3 Å². The van der Waals surface area contributed by atoms with E-state index in [2.05, 4.69) is 31.9 Å². The predicted molar refractivity (Wildman–Crippen MR) is 130 cm³/mol. The highest BCUT2D eigenvalue weighted by atomic mass is 32.1. The number of carbonyl (C=O) groups is 2. The Kier molecular flexibility index (Phi) is 8.22. The summed E-state index contributed by atoms with van der Waals surface area (Å²) in [5, 5.41) is 20.1. The Bertz CT molecular complexity index is 1080. The van der Waals surface area contributed by atoms with E-state index in [0.717, 1.165) is 28.6 Å². The molecule has 2 heterocycles. The SMILES string of the molecule is CC(C)C[C@H](NC(=O)c1ccc(-c2csc(NC3=CCN(C)C=C3)n2)cc1)C(=O)NCC#N. The van der Waals surface area contributed by atoms with Gasteiger partial charge in [0.15, 0.2) is 5.13 Å². The highest BCUT2D eigenvalue weighted by Gasteiger charge is 2.22. The van der Waals surface area contributed by atoms with Gasteiger partial charge in [0.25, 0.3) is 5.91 Å². The Morgan fingerprint density at radius 2 is 2.03 bits per heavy atom. The molecule has 9 heteroatoms. The van der Waals surface area contributed by atoms with Gasteiger partial charge in [-0.25, -0.2) is 4.98 Å². The summed E-state index contributed by atoms with van der Waals surface area (Å²) in [5.41, 5.74) is 3.18. The summed E-state index contributed by atoms with van der Waals surface area (Å²) in [6.45, 7) is 4.70. The van der Waals surface area contributed by atoms with Gasteiger partial charge in [0.05, 0.1) is 11.8 Å². The Balaban J connectivity index is 1.64. The maximum atomic E-state index is 12.7. The Morgan fingerprint density at radius 1 is 1.27 bits per heavy atom. The van der Waals surface area contributed by atoms with Crippen LogP contribution in [-0.2, 0) is 4.79 Å². The number of likely N-dealkylation sites (N-methyl/N-ethyl adjacent to an activating group) is 1. The minimum absolute atomic E-state index is 0.0902. The lowest BCUT2D eigenvalue weighted by atomic mass is 10.0. The fourth-order valence-electron chi connectivity index (χ4n) is 3.25. The van der Waals surface area contributed by atoms with Gasteiger partial charge in [-0.2, -0.15) is 5.26 Å². The topological polar surface area (TPSA) is 110 Å². The molecule has 1 aliphatic heterocycles. The van der Waals surface area contributed by atoms with Crippen molar-refractivity contribution in [3.05, 3.63) is 59.3 Å². The number of rotatable bonds is 9. The van der Waals surface area contributed by atoms with Gasteiger partial charge in [0, 0.05) is 42.0 Å². The molecule has 0 spiro atoms. The average Bonchev–Trinajstić information content (AvgIpc) is 3.26. The maximum absolute atomic E-state index is 12.7. The molecule has 3 rings (SSSR count). The number of nitrogens with zero attached hydrogens (tertiary/aromatic N) is 3. The van der Waals surface area contributed by atoms with Crippen LogP contribution in [0.25, 0.3) is 11.3 Å². The number of aromatic nitrogens is 1. The molecule has 1 atom stereocenters. The van der Waals surface area contributed by atoms with Crippen molar-refractivity contribution in [1.29, 1.82) is 5.26 Å². The molecule has 0 fully saturated rings. The van der Waals surface area contributed by atoms with E-state index in [1.54, 1.807) is 12.1 Å². The van der Waals surface area contributed by atoms with Gasteiger partial charge in [0.2, 0.25) is 5.91 Å². The molecule has 0 saturated carbocycles. The quantitative estimate of drug-likeness (QED) is 0.491. The summed E-state index contributed by atoms with van der Waals surface area (Å²) in [7, 11) is 2.02. The summed E-state index contributed by atoms with van der Waals surface area (Å²) in [6, 6.07) is 8.31. The summed E-state index contributed by atoms with van der Waals surface area (Å²) < 4.78 is 0. The summed E-state index contributed by atoms with van der Waals surface area (Å²) in [6.07, 6.45) is 6.60. The Hall–Kier alpha value is -3.64. The zero-order valence-electron chi connectivity index (χ0n) is 19.0. The highest BCUT2D eigenvalue weighted by Crippen LogP contribution is 2.26. The lowest BCUT2D eigenvalue weighted by Crippen LogP contribution is -2.47. The number of nitriles is 1. The molecular formula is C24H28N6O2S. The second-order valence-corrected chi connectivity index (χ2v) is 9.04. The fourth-order valence-corrected chi connectivity index (χ4v) is 3.99. The summed E-state index contributed by atoms with van der Waals surface area (Å²) >= 11 is 1.52. The number of nitrogens with one attached hydrogen (secondary N) is 3. The second-order valence-electron chi connectivity index (χ2n) is 8.19. The average molecular weight is 465 g/mol. The van der Waals surface area contributed by atoms with Crippen molar-refractivity contribution in [2.24, 2.45) is 5.92 Å². The molecule has 0 radical (unpaired) electrons. The van der Waals surface area contributed by atoms with E-state index >= 15 is 0 Å². The molecular weight excluding hydrogens is 436 g/mol. The number of benzene rings is 1. The smallest absolute Gasteiger partial charge is 0.251 e. The third-order valence-electron chi connectivity index (χ3n) is 4.98. The highest BCUT2D eigenvalue weighted by molar-refractivity contribution is 7.14. The second kappa shape index (κ2) is 11.3. The number of carbonyl (C=O) groups excluding carboxylic acids is 2. The molecule has 0 aliphatic carbocycles. The van der Waals surface area contributed by atoms with Crippen LogP contribution in [0.3, 0.4) is 0 Å². The minimum Gasteiger partial charge on any atom is -0.377 e. The molecule has 3 N–H and O–H groups in total. The third kappa shape index (κ3) is 6.92. The molecule has 1 aromatic carbocycles. The molecule has 0 saturated heterocycles. The number of amides is 2. The van der Waals surface area contributed by atoms with Gasteiger partial charge < -0.3 is 20.9 Å². The van der Waals surface area contributed by atoms with Crippen LogP contribution in [0.15, 0.2) is 53.7 Å². The zero-order chi connectivity index (χ0) is 23.8. The molecule has 172 valence electrons. The number of hydrogen-bond donors (Lipinski definition) is 3. The Labute approximate surface area is 198 Å². The molecule has 2 amide bonds. The van der Waals surface area contributed by atoms with Crippen LogP contribution in [-0.4, -0.2) is 47.9 Å². The first-order valence-electron chi connectivity index (χ1n) is 10.7.